The van der Waals surface area contributed by atoms with Gasteiger partial charge in [0.2, 0.25) is 0 Å². The number of benzene rings is 2. The molecule has 1 unspecified atom stereocenters. The lowest BCUT2D eigenvalue weighted by atomic mass is 9.62. The van der Waals surface area contributed by atoms with Crippen LogP contribution in [-0.4, -0.2) is 24.5 Å². The highest BCUT2D eigenvalue weighted by molar-refractivity contribution is 7.10. The van der Waals surface area contributed by atoms with Gasteiger partial charge in [-0.2, -0.15) is 0 Å². The fraction of sp³-hybridized carbons (Fsp3) is 0.320. The van der Waals surface area contributed by atoms with Gasteiger partial charge < -0.3 is 9.76 Å². The predicted octanol–water partition coefficient (Wildman–Crippen LogP) is 6.72. The number of rotatable bonds is 10. The van der Waals surface area contributed by atoms with E-state index >= 15 is 0 Å². The predicted molar refractivity (Wildman–Crippen MR) is 131 cm³/mol. The van der Waals surface area contributed by atoms with Crippen molar-refractivity contribution in [3.8, 4) is 11.1 Å². The summed E-state index contributed by atoms with van der Waals surface area (Å²) in [5.41, 5.74) is 2.28. The SMILES string of the molecule is CCOC(=O)C(C[C@H](CB(C)O)Cc1ccc(-c2cc(Cl)ccc2F)cc1)c1cccs1. The lowest BCUT2D eigenvalue weighted by Gasteiger charge is -2.23. The Balaban J connectivity index is 1.79. The minimum Gasteiger partial charge on any atom is -0.465 e. The Morgan fingerprint density at radius 1 is 1.22 bits per heavy atom. The highest BCUT2D eigenvalue weighted by Crippen LogP contribution is 2.33. The molecule has 0 aliphatic heterocycles. The highest BCUT2D eigenvalue weighted by atomic mass is 35.5. The Morgan fingerprint density at radius 3 is 2.59 bits per heavy atom. The molecular weight excluding hydrogens is 446 g/mol. The highest BCUT2D eigenvalue weighted by Gasteiger charge is 2.28. The first kappa shape index (κ1) is 24.5. The Bertz CT molecular complexity index is 1010. The molecule has 0 aliphatic rings. The van der Waals surface area contributed by atoms with Gasteiger partial charge >= 0.3 is 5.97 Å². The largest absolute Gasteiger partial charge is 0.465 e. The fourth-order valence-electron chi connectivity index (χ4n) is 4.01. The van der Waals surface area contributed by atoms with Crippen molar-refractivity contribution < 1.29 is 18.9 Å². The smallest absolute Gasteiger partial charge is 0.314 e. The van der Waals surface area contributed by atoms with Crippen LogP contribution in [0.15, 0.2) is 60.0 Å². The molecule has 1 N–H and O–H groups in total. The standard InChI is InChI=1S/C25H27BClFO3S/c1-3-31-25(29)22(24-5-4-12-32-24)14-18(16-26(2)30)13-17-6-8-19(9-7-17)21-15-20(27)10-11-23(21)28/h4-12,15,18,22,30H,3,13-14,16H2,1-2H3/t18-,22?/m1/s1. The van der Waals surface area contributed by atoms with Crippen molar-refractivity contribution in [3.05, 3.63) is 81.3 Å². The summed E-state index contributed by atoms with van der Waals surface area (Å²) in [5.74, 6) is -0.807. The topological polar surface area (TPSA) is 46.5 Å². The Labute approximate surface area is 198 Å². The molecule has 0 saturated carbocycles. The number of esters is 1. The van der Waals surface area contributed by atoms with Crippen molar-refractivity contribution >= 4 is 35.8 Å². The molecule has 3 aromatic rings. The normalized spacial score (nSPS) is 12.9. The molecule has 3 nitrogen and oxygen atoms in total. The van der Waals surface area contributed by atoms with E-state index in [1.54, 1.807) is 31.1 Å². The van der Waals surface area contributed by atoms with Gasteiger partial charge in [0.25, 0.3) is 6.92 Å². The van der Waals surface area contributed by atoms with Crippen LogP contribution >= 0.6 is 22.9 Å². The lowest BCUT2D eigenvalue weighted by molar-refractivity contribution is -0.145. The van der Waals surface area contributed by atoms with E-state index in [-0.39, 0.29) is 23.6 Å². The van der Waals surface area contributed by atoms with Crippen molar-refractivity contribution in [2.24, 2.45) is 5.92 Å². The van der Waals surface area contributed by atoms with Crippen LogP contribution in [0.25, 0.3) is 11.1 Å². The van der Waals surface area contributed by atoms with Crippen molar-refractivity contribution in [2.75, 3.05) is 6.61 Å². The van der Waals surface area contributed by atoms with E-state index in [1.165, 1.54) is 12.1 Å². The molecule has 1 aromatic heterocycles. The average Bonchev–Trinajstić information content (AvgIpc) is 3.28. The van der Waals surface area contributed by atoms with Crippen LogP contribution in [0.4, 0.5) is 4.39 Å². The summed E-state index contributed by atoms with van der Waals surface area (Å²) in [6.45, 7) is 3.43. The van der Waals surface area contributed by atoms with Crippen LogP contribution in [0.1, 0.15) is 29.7 Å². The Morgan fingerprint density at radius 2 is 1.97 bits per heavy atom. The molecule has 0 spiro atoms. The zero-order valence-corrected chi connectivity index (χ0v) is 19.8. The monoisotopic (exact) mass is 472 g/mol. The Hall–Kier alpha value is -2.15. The van der Waals surface area contributed by atoms with Crippen molar-refractivity contribution in [2.45, 2.75) is 38.8 Å². The van der Waals surface area contributed by atoms with Crippen molar-refractivity contribution in [3.63, 3.8) is 0 Å². The van der Waals surface area contributed by atoms with Crippen molar-refractivity contribution in [1.29, 1.82) is 0 Å². The van der Waals surface area contributed by atoms with Gasteiger partial charge in [0.1, 0.15) is 5.82 Å². The maximum Gasteiger partial charge on any atom is 0.314 e. The second-order valence-corrected chi connectivity index (χ2v) is 9.45. The van der Waals surface area contributed by atoms with E-state index in [2.05, 4.69) is 0 Å². The second-order valence-electron chi connectivity index (χ2n) is 8.03. The summed E-state index contributed by atoms with van der Waals surface area (Å²) in [4.78, 5) is 13.6. The quantitative estimate of drug-likeness (QED) is 0.263. The van der Waals surface area contributed by atoms with Gasteiger partial charge in [-0.05, 0) is 72.8 Å². The van der Waals surface area contributed by atoms with Crippen LogP contribution in [-0.2, 0) is 16.0 Å². The molecular formula is C25H27BClFO3S. The molecule has 0 aliphatic carbocycles. The Kier molecular flexibility index (Phi) is 8.91. The second kappa shape index (κ2) is 11.6. The van der Waals surface area contributed by atoms with Crippen LogP contribution in [0.2, 0.25) is 18.2 Å². The number of carbonyl (C=O) groups excluding carboxylic acids is 1. The van der Waals surface area contributed by atoms with Gasteiger partial charge in [-0.3, -0.25) is 4.79 Å². The van der Waals surface area contributed by atoms with Gasteiger partial charge in [0.15, 0.2) is 0 Å². The maximum atomic E-state index is 14.2. The number of hydrogen-bond acceptors (Lipinski definition) is 4. The van der Waals surface area contributed by atoms with Crippen LogP contribution < -0.4 is 0 Å². The summed E-state index contributed by atoms with van der Waals surface area (Å²) in [6.07, 6.45) is 1.87. The van der Waals surface area contributed by atoms with E-state index < -0.39 is 6.92 Å². The molecule has 1 heterocycles. The number of ether oxygens (including phenoxy) is 1. The molecule has 2 aromatic carbocycles. The lowest BCUT2D eigenvalue weighted by Crippen LogP contribution is -2.22. The summed E-state index contributed by atoms with van der Waals surface area (Å²) in [7, 11) is 0. The molecule has 0 amide bonds. The van der Waals surface area contributed by atoms with Crippen LogP contribution in [0.3, 0.4) is 0 Å². The van der Waals surface area contributed by atoms with Gasteiger partial charge in [-0.1, -0.05) is 48.8 Å². The minimum atomic E-state index is -0.481. The zero-order valence-electron chi connectivity index (χ0n) is 18.3. The van der Waals surface area contributed by atoms with Gasteiger partial charge in [0.05, 0.1) is 12.5 Å². The molecule has 0 fully saturated rings. The van der Waals surface area contributed by atoms with Crippen LogP contribution in [0, 0.1) is 11.7 Å². The maximum absolute atomic E-state index is 14.2. The third-order valence-electron chi connectivity index (χ3n) is 5.42. The summed E-state index contributed by atoms with van der Waals surface area (Å²) in [6, 6.07) is 16.1. The zero-order chi connectivity index (χ0) is 23.1. The molecule has 0 saturated heterocycles. The summed E-state index contributed by atoms with van der Waals surface area (Å²) in [5, 5.41) is 12.5. The van der Waals surface area contributed by atoms with E-state index in [0.29, 0.717) is 36.4 Å². The average molecular weight is 473 g/mol. The number of halogens is 2. The third kappa shape index (κ3) is 6.68. The summed E-state index contributed by atoms with van der Waals surface area (Å²) < 4.78 is 19.5. The third-order valence-corrected chi connectivity index (χ3v) is 6.64. The van der Waals surface area contributed by atoms with E-state index in [9.17, 15) is 14.2 Å². The van der Waals surface area contributed by atoms with E-state index in [1.807, 2.05) is 41.8 Å². The molecule has 0 bridgehead atoms. The fourth-order valence-corrected chi connectivity index (χ4v) is 5.01. The summed E-state index contributed by atoms with van der Waals surface area (Å²) >= 11 is 7.57. The van der Waals surface area contributed by atoms with Crippen molar-refractivity contribution in [1.82, 2.24) is 0 Å². The molecule has 32 heavy (non-hydrogen) atoms. The van der Waals surface area contributed by atoms with E-state index in [0.717, 1.165) is 16.0 Å². The van der Waals surface area contributed by atoms with Gasteiger partial charge in [-0.25, -0.2) is 4.39 Å². The van der Waals surface area contributed by atoms with E-state index in [4.69, 9.17) is 16.3 Å². The van der Waals surface area contributed by atoms with Gasteiger partial charge in [-0.15, -0.1) is 11.3 Å². The number of thiophene rings is 1. The first-order valence-electron chi connectivity index (χ1n) is 10.8. The number of carbonyl (C=O) groups is 1. The molecule has 3 rings (SSSR count). The first-order valence-corrected chi connectivity index (χ1v) is 12.1. The van der Waals surface area contributed by atoms with Gasteiger partial charge in [0, 0.05) is 15.5 Å². The minimum absolute atomic E-state index is 0.0836. The molecule has 2 atom stereocenters. The van der Waals surface area contributed by atoms with Crippen LogP contribution in [0.5, 0.6) is 0 Å². The first-order chi connectivity index (χ1) is 15.4. The molecule has 0 radical (unpaired) electrons. The molecule has 7 heteroatoms. The number of hydrogen-bond donors (Lipinski definition) is 1. The molecule has 168 valence electrons.